The van der Waals surface area contributed by atoms with E-state index in [2.05, 4.69) is 6.58 Å². The van der Waals surface area contributed by atoms with E-state index in [9.17, 15) is 4.79 Å². The SMILES string of the molecule is C=CCC12CCCCC1COC2=O. The number of ether oxygens (including phenoxy) is 1. The third-order valence-corrected chi connectivity index (χ3v) is 3.54. The summed E-state index contributed by atoms with van der Waals surface area (Å²) in [6.45, 7) is 4.38. The molecule has 2 heteroatoms. The van der Waals surface area contributed by atoms with Crippen LogP contribution in [0.3, 0.4) is 0 Å². The second-order valence-corrected chi connectivity index (χ2v) is 4.19. The quantitative estimate of drug-likeness (QED) is 0.481. The van der Waals surface area contributed by atoms with Crippen molar-refractivity contribution in [3.63, 3.8) is 0 Å². The number of rotatable bonds is 2. The molecule has 0 radical (unpaired) electrons. The van der Waals surface area contributed by atoms with Crippen molar-refractivity contribution in [2.75, 3.05) is 6.61 Å². The number of hydrogen-bond donors (Lipinski definition) is 0. The summed E-state index contributed by atoms with van der Waals surface area (Å²) in [6.07, 6.45) is 7.24. The molecule has 2 unspecified atom stereocenters. The van der Waals surface area contributed by atoms with Gasteiger partial charge in [0.1, 0.15) is 0 Å². The van der Waals surface area contributed by atoms with E-state index in [-0.39, 0.29) is 11.4 Å². The van der Waals surface area contributed by atoms with Crippen molar-refractivity contribution in [2.45, 2.75) is 32.1 Å². The van der Waals surface area contributed by atoms with E-state index in [1.54, 1.807) is 0 Å². The first kappa shape index (κ1) is 8.79. The van der Waals surface area contributed by atoms with Crippen molar-refractivity contribution in [1.29, 1.82) is 0 Å². The van der Waals surface area contributed by atoms with Crippen LogP contribution in [0.15, 0.2) is 12.7 Å². The van der Waals surface area contributed by atoms with Crippen molar-refractivity contribution in [3.8, 4) is 0 Å². The molecule has 0 amide bonds. The molecule has 0 spiro atoms. The van der Waals surface area contributed by atoms with E-state index >= 15 is 0 Å². The van der Waals surface area contributed by atoms with Gasteiger partial charge in [0.15, 0.2) is 0 Å². The molecule has 2 fully saturated rings. The molecular formula is C11H16O2. The van der Waals surface area contributed by atoms with Gasteiger partial charge < -0.3 is 4.74 Å². The van der Waals surface area contributed by atoms with E-state index in [0.717, 1.165) is 19.3 Å². The number of allylic oxidation sites excluding steroid dienone is 1. The third kappa shape index (κ3) is 1.19. The predicted octanol–water partition coefficient (Wildman–Crippen LogP) is 2.30. The Morgan fingerprint density at radius 2 is 2.46 bits per heavy atom. The third-order valence-electron chi connectivity index (χ3n) is 3.54. The molecule has 2 aliphatic rings. The van der Waals surface area contributed by atoms with Crippen molar-refractivity contribution >= 4 is 5.97 Å². The minimum atomic E-state index is -0.181. The molecule has 13 heavy (non-hydrogen) atoms. The minimum Gasteiger partial charge on any atom is -0.465 e. The van der Waals surface area contributed by atoms with Crippen LogP contribution in [0.2, 0.25) is 0 Å². The van der Waals surface area contributed by atoms with Crippen LogP contribution in [-0.2, 0) is 9.53 Å². The Morgan fingerprint density at radius 1 is 1.62 bits per heavy atom. The Hall–Kier alpha value is -0.790. The standard InChI is InChI=1S/C11H16O2/c1-2-6-11-7-4-3-5-9(11)8-13-10(11)12/h2,9H,1,3-8H2. The molecule has 72 valence electrons. The van der Waals surface area contributed by atoms with Gasteiger partial charge >= 0.3 is 5.97 Å². The Balaban J connectivity index is 2.24. The molecule has 1 saturated heterocycles. The molecule has 0 N–H and O–H groups in total. The fourth-order valence-electron chi connectivity index (χ4n) is 2.75. The van der Waals surface area contributed by atoms with Crippen LogP contribution in [0.4, 0.5) is 0 Å². The highest BCUT2D eigenvalue weighted by Gasteiger charge is 2.51. The zero-order valence-corrected chi connectivity index (χ0v) is 7.92. The topological polar surface area (TPSA) is 26.3 Å². The fraction of sp³-hybridized carbons (Fsp3) is 0.727. The average molecular weight is 180 g/mol. The van der Waals surface area contributed by atoms with E-state index in [0.29, 0.717) is 12.5 Å². The number of hydrogen-bond acceptors (Lipinski definition) is 2. The first-order chi connectivity index (χ1) is 6.29. The molecule has 1 aliphatic heterocycles. The Labute approximate surface area is 79.0 Å². The summed E-state index contributed by atoms with van der Waals surface area (Å²) >= 11 is 0. The molecule has 1 saturated carbocycles. The monoisotopic (exact) mass is 180 g/mol. The summed E-state index contributed by atoms with van der Waals surface area (Å²) in [5.41, 5.74) is -0.181. The lowest BCUT2D eigenvalue weighted by Gasteiger charge is -2.33. The number of cyclic esters (lactones) is 1. The molecule has 2 nitrogen and oxygen atoms in total. The smallest absolute Gasteiger partial charge is 0.312 e. The van der Waals surface area contributed by atoms with Gasteiger partial charge in [-0.1, -0.05) is 18.9 Å². The van der Waals surface area contributed by atoms with Gasteiger partial charge in [-0.2, -0.15) is 0 Å². The van der Waals surface area contributed by atoms with Gasteiger partial charge in [0.25, 0.3) is 0 Å². The summed E-state index contributed by atoms with van der Waals surface area (Å²) in [7, 11) is 0. The normalized spacial score (nSPS) is 38.2. The zero-order chi connectivity index (χ0) is 9.31. The predicted molar refractivity (Wildman–Crippen MR) is 50.2 cm³/mol. The molecule has 2 rings (SSSR count). The van der Waals surface area contributed by atoms with E-state index in [1.807, 2.05) is 6.08 Å². The van der Waals surface area contributed by atoms with Crippen LogP contribution in [0.25, 0.3) is 0 Å². The van der Waals surface area contributed by atoms with Crippen LogP contribution >= 0.6 is 0 Å². The first-order valence-corrected chi connectivity index (χ1v) is 5.08. The van der Waals surface area contributed by atoms with Gasteiger partial charge in [-0.25, -0.2) is 0 Å². The molecule has 0 aromatic heterocycles. The van der Waals surface area contributed by atoms with Gasteiger partial charge in [0.2, 0.25) is 0 Å². The lowest BCUT2D eigenvalue weighted by Crippen LogP contribution is -2.35. The summed E-state index contributed by atoms with van der Waals surface area (Å²) in [5, 5.41) is 0. The lowest BCUT2D eigenvalue weighted by atomic mass is 9.66. The van der Waals surface area contributed by atoms with Crippen molar-refractivity contribution in [3.05, 3.63) is 12.7 Å². The van der Waals surface area contributed by atoms with Crippen LogP contribution < -0.4 is 0 Å². The van der Waals surface area contributed by atoms with Gasteiger partial charge in [0.05, 0.1) is 12.0 Å². The second-order valence-electron chi connectivity index (χ2n) is 4.19. The summed E-state index contributed by atoms with van der Waals surface area (Å²) in [6, 6.07) is 0. The highest BCUT2D eigenvalue weighted by atomic mass is 16.5. The number of fused-ring (bicyclic) bond motifs is 1. The Bertz CT molecular complexity index is 234. The molecule has 2 atom stereocenters. The van der Waals surface area contributed by atoms with Gasteiger partial charge in [0, 0.05) is 5.92 Å². The van der Waals surface area contributed by atoms with Crippen molar-refractivity contribution in [2.24, 2.45) is 11.3 Å². The maximum Gasteiger partial charge on any atom is 0.312 e. The molecule has 1 heterocycles. The van der Waals surface area contributed by atoms with Crippen LogP contribution in [0.5, 0.6) is 0 Å². The minimum absolute atomic E-state index is 0.0251. The largest absolute Gasteiger partial charge is 0.465 e. The van der Waals surface area contributed by atoms with E-state index < -0.39 is 0 Å². The summed E-state index contributed by atoms with van der Waals surface area (Å²) < 4.78 is 5.17. The molecule has 1 aliphatic carbocycles. The number of carbonyl (C=O) groups is 1. The molecule has 0 aromatic rings. The fourth-order valence-corrected chi connectivity index (χ4v) is 2.75. The van der Waals surface area contributed by atoms with Crippen molar-refractivity contribution in [1.82, 2.24) is 0 Å². The maximum absolute atomic E-state index is 11.7. The van der Waals surface area contributed by atoms with E-state index in [1.165, 1.54) is 12.8 Å². The number of esters is 1. The van der Waals surface area contributed by atoms with Crippen LogP contribution in [0.1, 0.15) is 32.1 Å². The van der Waals surface area contributed by atoms with Gasteiger partial charge in [-0.05, 0) is 19.3 Å². The van der Waals surface area contributed by atoms with Gasteiger partial charge in [-0.15, -0.1) is 6.58 Å². The summed E-state index contributed by atoms with van der Waals surface area (Å²) in [5.74, 6) is 0.490. The first-order valence-electron chi connectivity index (χ1n) is 5.08. The van der Waals surface area contributed by atoms with Crippen LogP contribution in [-0.4, -0.2) is 12.6 Å². The van der Waals surface area contributed by atoms with E-state index in [4.69, 9.17) is 4.74 Å². The Kier molecular flexibility index (Phi) is 2.14. The zero-order valence-electron chi connectivity index (χ0n) is 7.92. The number of carbonyl (C=O) groups excluding carboxylic acids is 1. The highest BCUT2D eigenvalue weighted by Crippen LogP contribution is 2.48. The maximum atomic E-state index is 11.7. The molecule has 0 bridgehead atoms. The van der Waals surface area contributed by atoms with Crippen molar-refractivity contribution < 1.29 is 9.53 Å². The average Bonchev–Trinajstić information content (AvgIpc) is 2.46. The molecule has 0 aromatic carbocycles. The Morgan fingerprint density at radius 3 is 3.23 bits per heavy atom. The van der Waals surface area contributed by atoms with Crippen LogP contribution in [0, 0.1) is 11.3 Å². The summed E-state index contributed by atoms with van der Waals surface area (Å²) in [4.78, 5) is 11.7. The second kappa shape index (κ2) is 3.17. The highest BCUT2D eigenvalue weighted by molar-refractivity contribution is 5.79. The lowest BCUT2D eigenvalue weighted by molar-refractivity contribution is -0.147. The molecular weight excluding hydrogens is 164 g/mol. The van der Waals surface area contributed by atoms with Gasteiger partial charge in [-0.3, -0.25) is 4.79 Å².